The minimum Gasteiger partial charge on any atom is -0.456 e. The van der Waals surface area contributed by atoms with E-state index in [0.717, 1.165) is 75.4 Å². The van der Waals surface area contributed by atoms with Gasteiger partial charge in [0, 0.05) is 55.2 Å². The average Bonchev–Trinajstić information content (AvgIpc) is 3.95. The van der Waals surface area contributed by atoms with Crippen molar-refractivity contribution in [3.63, 3.8) is 0 Å². The highest BCUT2D eigenvalue weighted by atomic mass is 16.3. The molecule has 57 heavy (non-hydrogen) atoms. The fourth-order valence-electron chi connectivity index (χ4n) is 9.17. The first kappa shape index (κ1) is 32.0. The van der Waals surface area contributed by atoms with E-state index in [9.17, 15) is 0 Å². The van der Waals surface area contributed by atoms with Crippen molar-refractivity contribution >= 4 is 76.8 Å². The van der Waals surface area contributed by atoms with Crippen LogP contribution in [-0.2, 0) is 0 Å². The molecule has 6 nitrogen and oxygen atoms in total. The van der Waals surface area contributed by atoms with Crippen molar-refractivity contribution in [1.29, 1.82) is 0 Å². The van der Waals surface area contributed by atoms with Gasteiger partial charge in [0.15, 0.2) is 11.6 Å². The van der Waals surface area contributed by atoms with Crippen molar-refractivity contribution in [2.45, 2.75) is 25.2 Å². The summed E-state index contributed by atoms with van der Waals surface area (Å²) in [7, 11) is 0. The number of hydrogen-bond acceptors (Lipinski definition) is 4. The molecule has 0 amide bonds. The van der Waals surface area contributed by atoms with E-state index in [1.807, 2.05) is 24.3 Å². The molecular weight excluding hydrogens is 699 g/mol. The van der Waals surface area contributed by atoms with Gasteiger partial charge in [0.1, 0.15) is 17.0 Å². The number of nitrogens with zero attached hydrogens (tertiary/aromatic N) is 5. The van der Waals surface area contributed by atoms with Crippen LogP contribution in [0.5, 0.6) is 0 Å². The fraction of sp³-hybridized carbons (Fsp3) is 0.0784. The van der Waals surface area contributed by atoms with Gasteiger partial charge in [0.05, 0.1) is 22.1 Å². The average molecular weight is 734 g/mol. The van der Waals surface area contributed by atoms with Crippen molar-refractivity contribution in [3.05, 3.63) is 182 Å². The molecule has 12 rings (SSSR count). The molecule has 0 aliphatic heterocycles. The summed E-state index contributed by atoms with van der Waals surface area (Å²) in [5.74, 6) is 2.17. The highest BCUT2D eigenvalue weighted by Gasteiger charge is 2.25. The highest BCUT2D eigenvalue weighted by Crippen LogP contribution is 2.43. The Labute approximate surface area is 328 Å². The van der Waals surface area contributed by atoms with E-state index < -0.39 is 0 Å². The summed E-state index contributed by atoms with van der Waals surface area (Å²) in [5.41, 5.74) is 10.9. The Bertz CT molecular complexity index is 3390. The van der Waals surface area contributed by atoms with Gasteiger partial charge in [-0.25, -0.2) is 15.0 Å². The smallest absolute Gasteiger partial charge is 0.164 e. The van der Waals surface area contributed by atoms with E-state index >= 15 is 0 Å². The molecule has 270 valence electrons. The van der Waals surface area contributed by atoms with Gasteiger partial charge in [-0.05, 0) is 73.4 Å². The number of hydrogen-bond donors (Lipinski definition) is 0. The minimum absolute atomic E-state index is 0.0188. The van der Waals surface area contributed by atoms with Crippen LogP contribution in [0, 0.1) is 0 Å². The molecule has 0 spiro atoms. The molecule has 0 saturated heterocycles. The van der Waals surface area contributed by atoms with Crippen LogP contribution >= 0.6 is 0 Å². The number of fused-ring (bicyclic) bond motifs is 10. The molecule has 0 radical (unpaired) electrons. The second-order valence-electron chi connectivity index (χ2n) is 15.0. The van der Waals surface area contributed by atoms with Crippen molar-refractivity contribution in [3.8, 4) is 17.1 Å². The summed E-state index contributed by atoms with van der Waals surface area (Å²) < 4.78 is 11.1. The molecule has 10 aromatic rings. The second-order valence-corrected chi connectivity index (χ2v) is 15.0. The maximum atomic E-state index is 6.27. The van der Waals surface area contributed by atoms with Crippen LogP contribution in [0.25, 0.3) is 93.9 Å². The zero-order valence-electron chi connectivity index (χ0n) is 31.0. The lowest BCUT2D eigenvalue weighted by Crippen LogP contribution is -2.11. The van der Waals surface area contributed by atoms with Crippen molar-refractivity contribution in [2.75, 3.05) is 0 Å². The molecule has 0 saturated carbocycles. The zero-order valence-corrected chi connectivity index (χ0v) is 31.0. The molecule has 6 aromatic carbocycles. The maximum Gasteiger partial charge on any atom is 0.164 e. The first-order chi connectivity index (χ1) is 28.3. The predicted octanol–water partition coefficient (Wildman–Crippen LogP) is 13.0. The lowest BCUT2D eigenvalue weighted by atomic mass is 9.97. The standard InChI is InChI=1S/C51H35N5O/c1-3-14-32(15-4-1)49-52-50(54-51(53-49)40-21-13-25-45-46(40)39-20-9-12-24-44(39)57-45)33-26-28-35(29-27-33)55-42-23-11-8-19-38(42)47-43(55)31-30-37-36-18-7-10-22-41(36)56(48(37)47)34-16-5-2-6-17-34/h1-3,5-14,16-26,28-31,33H,4,15,27H2. The minimum atomic E-state index is -0.0188. The van der Waals surface area contributed by atoms with Crippen LogP contribution < -0.4 is 0 Å². The first-order valence-electron chi connectivity index (χ1n) is 19.7. The summed E-state index contributed by atoms with van der Waals surface area (Å²) in [4.78, 5) is 15.6. The number of benzene rings is 6. The Balaban J connectivity index is 1.01. The molecule has 4 heterocycles. The van der Waals surface area contributed by atoms with Crippen LogP contribution in [0.3, 0.4) is 0 Å². The van der Waals surface area contributed by atoms with Crippen LogP contribution in [0.15, 0.2) is 174 Å². The Hall–Kier alpha value is -7.31. The molecule has 6 heteroatoms. The third kappa shape index (κ3) is 4.93. The molecule has 2 aliphatic rings. The van der Waals surface area contributed by atoms with E-state index in [2.05, 4.69) is 155 Å². The Morgan fingerprint density at radius 3 is 2.16 bits per heavy atom. The van der Waals surface area contributed by atoms with E-state index in [-0.39, 0.29) is 5.92 Å². The molecule has 0 fully saturated rings. The number of para-hydroxylation sites is 4. The van der Waals surface area contributed by atoms with Gasteiger partial charge in [-0.2, -0.15) is 0 Å². The van der Waals surface area contributed by atoms with E-state index in [4.69, 9.17) is 19.4 Å². The number of aromatic nitrogens is 5. The van der Waals surface area contributed by atoms with Crippen LogP contribution in [-0.4, -0.2) is 24.1 Å². The van der Waals surface area contributed by atoms with Gasteiger partial charge < -0.3 is 13.6 Å². The van der Waals surface area contributed by atoms with E-state index in [1.165, 1.54) is 43.6 Å². The van der Waals surface area contributed by atoms with Gasteiger partial charge in [-0.1, -0.05) is 121 Å². The molecule has 0 N–H and O–H groups in total. The van der Waals surface area contributed by atoms with Gasteiger partial charge in [-0.3, -0.25) is 0 Å². The van der Waals surface area contributed by atoms with Gasteiger partial charge in [-0.15, -0.1) is 0 Å². The number of allylic oxidation sites excluding steroid dienone is 8. The summed E-state index contributed by atoms with van der Waals surface area (Å²) in [5, 5.41) is 7.08. The fourth-order valence-corrected chi connectivity index (χ4v) is 9.17. The van der Waals surface area contributed by atoms with Crippen molar-refractivity contribution in [1.82, 2.24) is 24.1 Å². The van der Waals surface area contributed by atoms with E-state index in [1.54, 1.807) is 0 Å². The van der Waals surface area contributed by atoms with E-state index in [0.29, 0.717) is 5.82 Å². The Morgan fingerprint density at radius 1 is 0.579 bits per heavy atom. The SMILES string of the molecule is C1=CCCC(c2nc(-c3cccc4oc5ccccc5c34)nc(C3C=CC(n4c5ccccc5c5c4ccc4c6ccccc6n(-c6ccccc6)c45)=CC3)n2)=C1. The topological polar surface area (TPSA) is 61.7 Å². The molecular formula is C51H35N5O. The summed E-state index contributed by atoms with van der Waals surface area (Å²) in [6, 6.07) is 47.2. The van der Waals surface area contributed by atoms with Crippen LogP contribution in [0.4, 0.5) is 0 Å². The van der Waals surface area contributed by atoms with Gasteiger partial charge in [0.25, 0.3) is 0 Å². The Morgan fingerprint density at radius 2 is 1.33 bits per heavy atom. The predicted molar refractivity (Wildman–Crippen MR) is 233 cm³/mol. The highest BCUT2D eigenvalue weighted by molar-refractivity contribution is 6.26. The summed E-state index contributed by atoms with van der Waals surface area (Å²) in [6.45, 7) is 0. The molecule has 4 aromatic heterocycles. The monoisotopic (exact) mass is 733 g/mol. The summed E-state index contributed by atoms with van der Waals surface area (Å²) in [6.07, 6.45) is 16.0. The van der Waals surface area contributed by atoms with Crippen LogP contribution in [0.2, 0.25) is 0 Å². The quantitative estimate of drug-likeness (QED) is 0.177. The maximum absolute atomic E-state index is 6.27. The molecule has 0 bridgehead atoms. The van der Waals surface area contributed by atoms with Gasteiger partial charge in [0.2, 0.25) is 0 Å². The molecule has 2 aliphatic carbocycles. The zero-order chi connectivity index (χ0) is 37.5. The molecule has 1 atom stereocenters. The number of rotatable bonds is 5. The first-order valence-corrected chi connectivity index (χ1v) is 19.7. The lowest BCUT2D eigenvalue weighted by Gasteiger charge is -2.19. The second kappa shape index (κ2) is 12.6. The Kier molecular flexibility index (Phi) is 7.08. The third-order valence-corrected chi connectivity index (χ3v) is 11.8. The van der Waals surface area contributed by atoms with Gasteiger partial charge >= 0.3 is 0 Å². The van der Waals surface area contributed by atoms with Crippen molar-refractivity contribution in [2.24, 2.45) is 0 Å². The van der Waals surface area contributed by atoms with Crippen LogP contribution in [0.1, 0.15) is 36.8 Å². The number of furan rings is 1. The molecule has 1 unspecified atom stereocenters. The third-order valence-electron chi connectivity index (χ3n) is 11.8. The van der Waals surface area contributed by atoms with Crippen molar-refractivity contribution < 1.29 is 4.42 Å². The normalized spacial score (nSPS) is 15.8. The largest absolute Gasteiger partial charge is 0.456 e. The summed E-state index contributed by atoms with van der Waals surface area (Å²) >= 11 is 0. The lowest BCUT2D eigenvalue weighted by molar-refractivity contribution is 0.669.